The highest BCUT2D eigenvalue weighted by atomic mass is 16.5. The van der Waals surface area contributed by atoms with Gasteiger partial charge in [0.15, 0.2) is 11.5 Å². The minimum atomic E-state index is -0.147. The van der Waals surface area contributed by atoms with E-state index >= 15 is 0 Å². The highest BCUT2D eigenvalue weighted by Crippen LogP contribution is 2.28. The number of nitrogens with one attached hydrogen (secondary N) is 1. The second kappa shape index (κ2) is 10.6. The maximum Gasteiger partial charge on any atom is 0.251 e. The molecule has 0 heterocycles. The molecular formula is C22H30N2O4. The molecule has 1 amide bonds. The number of ether oxygens (including phenoxy) is 3. The maximum absolute atomic E-state index is 12.7. The molecule has 0 fully saturated rings. The highest BCUT2D eigenvalue weighted by Gasteiger charge is 2.20. The molecular weight excluding hydrogens is 356 g/mol. The van der Waals surface area contributed by atoms with Gasteiger partial charge < -0.3 is 19.5 Å². The maximum atomic E-state index is 12.7. The van der Waals surface area contributed by atoms with E-state index in [-0.39, 0.29) is 11.9 Å². The average molecular weight is 386 g/mol. The number of carbonyl (C=O) groups is 1. The zero-order chi connectivity index (χ0) is 20.5. The van der Waals surface area contributed by atoms with E-state index in [1.807, 2.05) is 24.3 Å². The summed E-state index contributed by atoms with van der Waals surface area (Å²) in [5.74, 6) is 1.80. The summed E-state index contributed by atoms with van der Waals surface area (Å²) >= 11 is 0. The smallest absolute Gasteiger partial charge is 0.251 e. The molecule has 6 nitrogen and oxygen atoms in total. The Balaban J connectivity index is 2.16. The van der Waals surface area contributed by atoms with Gasteiger partial charge in [0.25, 0.3) is 5.91 Å². The molecule has 0 bridgehead atoms. The number of hydrogen-bond acceptors (Lipinski definition) is 5. The van der Waals surface area contributed by atoms with Crippen molar-refractivity contribution in [2.45, 2.75) is 19.9 Å². The Bertz CT molecular complexity index is 758. The van der Waals surface area contributed by atoms with Crippen LogP contribution in [0.1, 0.15) is 35.8 Å². The van der Waals surface area contributed by atoms with Crippen molar-refractivity contribution in [3.05, 3.63) is 53.6 Å². The fourth-order valence-electron chi connectivity index (χ4n) is 3.22. The van der Waals surface area contributed by atoms with Gasteiger partial charge in [-0.05, 0) is 49.0 Å². The summed E-state index contributed by atoms with van der Waals surface area (Å²) in [4.78, 5) is 15.0. The van der Waals surface area contributed by atoms with E-state index in [2.05, 4.69) is 24.1 Å². The molecule has 2 aromatic rings. The van der Waals surface area contributed by atoms with Crippen LogP contribution < -0.4 is 19.5 Å². The lowest BCUT2D eigenvalue weighted by Crippen LogP contribution is -2.38. The summed E-state index contributed by atoms with van der Waals surface area (Å²) in [5, 5.41) is 3.06. The Labute approximate surface area is 167 Å². The standard InChI is InChI=1S/C22H30N2O4/c1-6-24(7-2)19(16-8-11-18(26-3)12-9-16)15-23-22(25)17-10-13-20(27-4)21(14-17)28-5/h8-14,19H,6-7,15H2,1-5H3,(H,23,25). The molecule has 28 heavy (non-hydrogen) atoms. The lowest BCUT2D eigenvalue weighted by atomic mass is 10.0. The number of methoxy groups -OCH3 is 3. The Morgan fingerprint density at radius 3 is 2.11 bits per heavy atom. The quantitative estimate of drug-likeness (QED) is 0.677. The molecule has 1 atom stereocenters. The van der Waals surface area contributed by atoms with E-state index in [0.29, 0.717) is 23.6 Å². The van der Waals surface area contributed by atoms with Crippen molar-refractivity contribution in [1.82, 2.24) is 10.2 Å². The van der Waals surface area contributed by atoms with E-state index in [4.69, 9.17) is 14.2 Å². The Morgan fingerprint density at radius 1 is 0.929 bits per heavy atom. The summed E-state index contributed by atoms with van der Waals surface area (Å²) in [6, 6.07) is 13.2. The van der Waals surface area contributed by atoms with Gasteiger partial charge in [0.05, 0.1) is 27.4 Å². The van der Waals surface area contributed by atoms with Crippen molar-refractivity contribution < 1.29 is 19.0 Å². The fraction of sp³-hybridized carbons (Fsp3) is 0.409. The summed E-state index contributed by atoms with van der Waals surface area (Å²) in [7, 11) is 4.78. The minimum absolute atomic E-state index is 0.0741. The van der Waals surface area contributed by atoms with Crippen LogP contribution in [-0.4, -0.2) is 51.8 Å². The van der Waals surface area contributed by atoms with Gasteiger partial charge in [0.2, 0.25) is 0 Å². The van der Waals surface area contributed by atoms with Crippen molar-refractivity contribution in [3.63, 3.8) is 0 Å². The van der Waals surface area contributed by atoms with Crippen molar-refractivity contribution in [3.8, 4) is 17.2 Å². The molecule has 0 radical (unpaired) electrons. The van der Waals surface area contributed by atoms with E-state index in [0.717, 1.165) is 24.4 Å². The lowest BCUT2D eigenvalue weighted by molar-refractivity contribution is 0.0934. The van der Waals surface area contributed by atoms with E-state index in [1.54, 1.807) is 39.5 Å². The van der Waals surface area contributed by atoms with Crippen molar-refractivity contribution in [2.24, 2.45) is 0 Å². The molecule has 0 saturated carbocycles. The third kappa shape index (κ3) is 5.16. The number of carbonyl (C=O) groups excluding carboxylic acids is 1. The SMILES string of the molecule is CCN(CC)C(CNC(=O)c1ccc(OC)c(OC)c1)c1ccc(OC)cc1. The van der Waals surface area contributed by atoms with Gasteiger partial charge in [0.1, 0.15) is 5.75 Å². The second-order valence-electron chi connectivity index (χ2n) is 6.29. The summed E-state index contributed by atoms with van der Waals surface area (Å²) < 4.78 is 15.8. The predicted octanol–water partition coefficient (Wildman–Crippen LogP) is 3.53. The van der Waals surface area contributed by atoms with Gasteiger partial charge in [-0.3, -0.25) is 9.69 Å². The molecule has 0 aliphatic carbocycles. The summed E-state index contributed by atoms with van der Waals surface area (Å²) in [5.41, 5.74) is 1.67. The lowest BCUT2D eigenvalue weighted by Gasteiger charge is -2.30. The van der Waals surface area contributed by atoms with Crippen LogP contribution >= 0.6 is 0 Å². The number of likely N-dealkylation sites (N-methyl/N-ethyl adjacent to an activating group) is 1. The Morgan fingerprint density at radius 2 is 1.57 bits per heavy atom. The van der Waals surface area contributed by atoms with Crippen LogP contribution in [0.4, 0.5) is 0 Å². The van der Waals surface area contributed by atoms with Gasteiger partial charge in [0, 0.05) is 12.1 Å². The molecule has 1 unspecified atom stereocenters. The molecule has 0 aliphatic heterocycles. The first-order valence-electron chi connectivity index (χ1n) is 9.46. The number of nitrogens with zero attached hydrogens (tertiary/aromatic N) is 1. The fourth-order valence-corrected chi connectivity index (χ4v) is 3.22. The highest BCUT2D eigenvalue weighted by molar-refractivity contribution is 5.94. The molecule has 0 aliphatic rings. The van der Waals surface area contributed by atoms with Crippen LogP contribution in [0.15, 0.2) is 42.5 Å². The van der Waals surface area contributed by atoms with Crippen LogP contribution in [0, 0.1) is 0 Å². The van der Waals surface area contributed by atoms with Gasteiger partial charge in [-0.25, -0.2) is 0 Å². The van der Waals surface area contributed by atoms with E-state index < -0.39 is 0 Å². The number of hydrogen-bond donors (Lipinski definition) is 1. The van der Waals surface area contributed by atoms with Crippen LogP contribution in [-0.2, 0) is 0 Å². The molecule has 1 N–H and O–H groups in total. The molecule has 0 saturated heterocycles. The predicted molar refractivity (Wildman–Crippen MR) is 111 cm³/mol. The van der Waals surface area contributed by atoms with Crippen LogP contribution in [0.25, 0.3) is 0 Å². The van der Waals surface area contributed by atoms with Crippen LogP contribution in [0.3, 0.4) is 0 Å². The number of benzene rings is 2. The summed E-state index contributed by atoms with van der Waals surface area (Å²) in [6.45, 7) is 6.52. The third-order valence-electron chi connectivity index (χ3n) is 4.86. The third-order valence-corrected chi connectivity index (χ3v) is 4.86. The Hall–Kier alpha value is -2.73. The first-order valence-corrected chi connectivity index (χ1v) is 9.46. The number of amides is 1. The van der Waals surface area contributed by atoms with Crippen molar-refractivity contribution >= 4 is 5.91 Å². The van der Waals surface area contributed by atoms with Crippen molar-refractivity contribution in [2.75, 3.05) is 41.0 Å². The molecule has 0 spiro atoms. The molecule has 0 aromatic heterocycles. The summed E-state index contributed by atoms with van der Waals surface area (Å²) in [6.07, 6.45) is 0. The van der Waals surface area contributed by atoms with Gasteiger partial charge >= 0.3 is 0 Å². The largest absolute Gasteiger partial charge is 0.497 e. The molecule has 2 aromatic carbocycles. The zero-order valence-corrected chi connectivity index (χ0v) is 17.3. The Kier molecular flexibility index (Phi) is 8.14. The minimum Gasteiger partial charge on any atom is -0.497 e. The first kappa shape index (κ1) is 21.6. The van der Waals surface area contributed by atoms with Crippen LogP contribution in [0.2, 0.25) is 0 Å². The molecule has 6 heteroatoms. The first-order chi connectivity index (χ1) is 13.6. The van der Waals surface area contributed by atoms with Gasteiger partial charge in [-0.2, -0.15) is 0 Å². The average Bonchev–Trinajstić information content (AvgIpc) is 2.76. The van der Waals surface area contributed by atoms with Crippen LogP contribution in [0.5, 0.6) is 17.2 Å². The second-order valence-corrected chi connectivity index (χ2v) is 6.29. The van der Waals surface area contributed by atoms with Gasteiger partial charge in [-0.15, -0.1) is 0 Å². The zero-order valence-electron chi connectivity index (χ0n) is 17.3. The number of rotatable bonds is 10. The van der Waals surface area contributed by atoms with E-state index in [1.165, 1.54) is 0 Å². The normalized spacial score (nSPS) is 11.8. The van der Waals surface area contributed by atoms with E-state index in [9.17, 15) is 4.79 Å². The van der Waals surface area contributed by atoms with Gasteiger partial charge in [-0.1, -0.05) is 26.0 Å². The molecule has 152 valence electrons. The van der Waals surface area contributed by atoms with Crippen molar-refractivity contribution in [1.29, 1.82) is 0 Å². The monoisotopic (exact) mass is 386 g/mol. The topological polar surface area (TPSA) is 60.0 Å². The molecule has 2 rings (SSSR count).